The quantitative estimate of drug-likeness (QED) is 0.782. The maximum atomic E-state index is 11.8. The molecule has 3 N–H and O–H groups in total. The average Bonchev–Trinajstić information content (AvgIpc) is 2.97. The molecule has 0 bridgehead atoms. The number of nitrogens with one attached hydrogen (secondary N) is 1. The number of thiazole rings is 1. The minimum atomic E-state index is 0.0928. The number of hydrogen-bond acceptors (Lipinski definition) is 4. The first-order valence-corrected chi connectivity index (χ1v) is 6.57. The van der Waals surface area contributed by atoms with Gasteiger partial charge in [-0.05, 0) is 12.8 Å². The first kappa shape index (κ1) is 12.1. The molecule has 1 aliphatic carbocycles. The SMILES string of the molecule is NCC#Cc1cnc(NC(=O)C2CCCC2)s1. The van der Waals surface area contributed by atoms with Crippen LogP contribution in [0.1, 0.15) is 30.6 Å². The molecule has 17 heavy (non-hydrogen) atoms. The molecular weight excluding hydrogens is 234 g/mol. The minimum Gasteiger partial charge on any atom is -0.320 e. The van der Waals surface area contributed by atoms with E-state index in [1.165, 1.54) is 11.3 Å². The van der Waals surface area contributed by atoms with E-state index in [0.29, 0.717) is 11.7 Å². The Kier molecular flexibility index (Phi) is 4.13. The van der Waals surface area contributed by atoms with E-state index < -0.39 is 0 Å². The van der Waals surface area contributed by atoms with E-state index in [1.54, 1.807) is 6.20 Å². The molecule has 0 unspecified atom stereocenters. The molecule has 0 spiro atoms. The zero-order valence-electron chi connectivity index (χ0n) is 9.53. The van der Waals surface area contributed by atoms with Crippen LogP contribution in [0.15, 0.2) is 6.20 Å². The summed E-state index contributed by atoms with van der Waals surface area (Å²) in [6.45, 7) is 0.335. The van der Waals surface area contributed by atoms with E-state index in [-0.39, 0.29) is 11.8 Å². The van der Waals surface area contributed by atoms with Gasteiger partial charge < -0.3 is 11.1 Å². The standard InChI is InChI=1S/C12H15N3OS/c13-7-3-6-10-8-14-12(17-10)15-11(16)9-4-1-2-5-9/h8-9H,1-2,4-5,7,13H2,(H,14,15,16). The van der Waals surface area contributed by atoms with Crippen molar-refractivity contribution in [2.24, 2.45) is 11.7 Å². The Morgan fingerprint density at radius 1 is 1.59 bits per heavy atom. The molecule has 90 valence electrons. The molecular formula is C12H15N3OS. The second-order valence-electron chi connectivity index (χ2n) is 4.01. The zero-order chi connectivity index (χ0) is 12.1. The van der Waals surface area contributed by atoms with Crippen LogP contribution in [0.25, 0.3) is 0 Å². The Morgan fingerprint density at radius 2 is 2.35 bits per heavy atom. The summed E-state index contributed by atoms with van der Waals surface area (Å²) in [5, 5.41) is 3.48. The first-order valence-electron chi connectivity index (χ1n) is 5.75. The zero-order valence-corrected chi connectivity index (χ0v) is 10.3. The number of rotatable bonds is 2. The van der Waals surface area contributed by atoms with Gasteiger partial charge in [0.2, 0.25) is 5.91 Å². The largest absolute Gasteiger partial charge is 0.320 e. The summed E-state index contributed by atoms with van der Waals surface area (Å²) in [6, 6.07) is 0. The first-order chi connectivity index (χ1) is 8.29. The number of nitrogens with zero attached hydrogens (tertiary/aromatic N) is 1. The van der Waals surface area contributed by atoms with Gasteiger partial charge in [0.15, 0.2) is 5.13 Å². The average molecular weight is 249 g/mol. The molecule has 4 nitrogen and oxygen atoms in total. The van der Waals surface area contributed by atoms with Gasteiger partial charge in [-0.2, -0.15) is 0 Å². The summed E-state index contributed by atoms with van der Waals surface area (Å²) >= 11 is 1.39. The van der Waals surface area contributed by atoms with Crippen LogP contribution in [0.5, 0.6) is 0 Å². The fourth-order valence-electron chi connectivity index (χ4n) is 1.92. The monoisotopic (exact) mass is 249 g/mol. The van der Waals surface area contributed by atoms with E-state index >= 15 is 0 Å². The highest BCUT2D eigenvalue weighted by Crippen LogP contribution is 2.26. The smallest absolute Gasteiger partial charge is 0.229 e. The second-order valence-corrected chi connectivity index (χ2v) is 5.04. The van der Waals surface area contributed by atoms with Crippen molar-refractivity contribution in [1.29, 1.82) is 0 Å². The number of carbonyl (C=O) groups excluding carboxylic acids is 1. The Bertz CT molecular complexity index is 452. The van der Waals surface area contributed by atoms with Crippen molar-refractivity contribution in [3.05, 3.63) is 11.1 Å². The van der Waals surface area contributed by atoms with Gasteiger partial charge in [0, 0.05) is 5.92 Å². The molecule has 1 aromatic rings. The van der Waals surface area contributed by atoms with Crippen LogP contribution in [0, 0.1) is 17.8 Å². The lowest BCUT2D eigenvalue weighted by molar-refractivity contribution is -0.119. The fraction of sp³-hybridized carbons (Fsp3) is 0.500. The van der Waals surface area contributed by atoms with Gasteiger partial charge in [-0.3, -0.25) is 4.79 Å². The topological polar surface area (TPSA) is 68.0 Å². The van der Waals surface area contributed by atoms with Crippen LogP contribution < -0.4 is 11.1 Å². The third-order valence-corrected chi connectivity index (χ3v) is 3.60. The summed E-state index contributed by atoms with van der Waals surface area (Å²) in [6.07, 6.45) is 5.97. The third kappa shape index (κ3) is 3.29. The Morgan fingerprint density at radius 3 is 3.06 bits per heavy atom. The number of carbonyl (C=O) groups is 1. The molecule has 1 aliphatic rings. The Balaban J connectivity index is 1.94. The van der Waals surface area contributed by atoms with Crippen LogP contribution in [0.3, 0.4) is 0 Å². The van der Waals surface area contributed by atoms with Gasteiger partial charge in [0.1, 0.15) is 0 Å². The molecule has 1 aromatic heterocycles. The second kappa shape index (κ2) is 5.80. The van der Waals surface area contributed by atoms with Crippen molar-refractivity contribution in [2.75, 3.05) is 11.9 Å². The van der Waals surface area contributed by atoms with Gasteiger partial charge in [-0.15, -0.1) is 0 Å². The molecule has 5 heteroatoms. The minimum absolute atomic E-state index is 0.0928. The Hall–Kier alpha value is -1.38. The molecule has 0 aliphatic heterocycles. The van der Waals surface area contributed by atoms with E-state index in [4.69, 9.17) is 5.73 Å². The van der Waals surface area contributed by atoms with Crippen molar-refractivity contribution in [3.8, 4) is 11.8 Å². The molecule has 2 rings (SSSR count). The summed E-state index contributed by atoms with van der Waals surface area (Å²) < 4.78 is 0. The molecule has 0 saturated heterocycles. The predicted octanol–water partition coefficient (Wildman–Crippen LogP) is 1.58. The van der Waals surface area contributed by atoms with Gasteiger partial charge in [-0.25, -0.2) is 4.98 Å². The van der Waals surface area contributed by atoms with Gasteiger partial charge in [-0.1, -0.05) is 36.0 Å². The van der Waals surface area contributed by atoms with E-state index in [0.717, 1.165) is 30.6 Å². The van der Waals surface area contributed by atoms with Crippen LogP contribution >= 0.6 is 11.3 Å². The maximum absolute atomic E-state index is 11.8. The molecule has 0 atom stereocenters. The lowest BCUT2D eigenvalue weighted by Gasteiger charge is -2.06. The van der Waals surface area contributed by atoms with Crippen molar-refractivity contribution in [2.45, 2.75) is 25.7 Å². The van der Waals surface area contributed by atoms with Crippen LogP contribution in [-0.4, -0.2) is 17.4 Å². The molecule has 1 fully saturated rings. The van der Waals surface area contributed by atoms with Crippen molar-refractivity contribution < 1.29 is 4.79 Å². The normalized spacial score (nSPS) is 15.4. The maximum Gasteiger partial charge on any atom is 0.229 e. The highest BCUT2D eigenvalue weighted by Gasteiger charge is 2.23. The van der Waals surface area contributed by atoms with E-state index in [1.807, 2.05) is 0 Å². The number of anilines is 1. The summed E-state index contributed by atoms with van der Waals surface area (Å²) in [5.41, 5.74) is 5.29. The Labute approximate surface area is 105 Å². The third-order valence-electron chi connectivity index (χ3n) is 2.78. The van der Waals surface area contributed by atoms with Crippen LogP contribution in [0.4, 0.5) is 5.13 Å². The number of aromatic nitrogens is 1. The highest BCUT2D eigenvalue weighted by atomic mass is 32.1. The van der Waals surface area contributed by atoms with Crippen molar-refractivity contribution in [1.82, 2.24) is 4.98 Å². The van der Waals surface area contributed by atoms with Gasteiger partial charge in [0.05, 0.1) is 17.6 Å². The van der Waals surface area contributed by atoms with E-state index in [9.17, 15) is 4.79 Å². The van der Waals surface area contributed by atoms with E-state index in [2.05, 4.69) is 22.1 Å². The molecule has 1 amide bonds. The number of hydrogen-bond donors (Lipinski definition) is 2. The molecule has 1 heterocycles. The van der Waals surface area contributed by atoms with Crippen LogP contribution in [-0.2, 0) is 4.79 Å². The van der Waals surface area contributed by atoms with Gasteiger partial charge in [0.25, 0.3) is 0 Å². The summed E-state index contributed by atoms with van der Waals surface area (Å²) in [5.74, 6) is 5.92. The lowest BCUT2D eigenvalue weighted by Crippen LogP contribution is -2.19. The van der Waals surface area contributed by atoms with Crippen molar-refractivity contribution in [3.63, 3.8) is 0 Å². The lowest BCUT2D eigenvalue weighted by atomic mass is 10.1. The predicted molar refractivity (Wildman–Crippen MR) is 68.6 cm³/mol. The number of amides is 1. The molecule has 1 saturated carbocycles. The number of nitrogens with two attached hydrogens (primary N) is 1. The fourth-order valence-corrected chi connectivity index (χ4v) is 2.62. The van der Waals surface area contributed by atoms with Crippen LogP contribution in [0.2, 0.25) is 0 Å². The highest BCUT2D eigenvalue weighted by molar-refractivity contribution is 7.16. The summed E-state index contributed by atoms with van der Waals surface area (Å²) in [7, 11) is 0. The summed E-state index contributed by atoms with van der Waals surface area (Å²) in [4.78, 5) is 16.8. The molecule has 0 radical (unpaired) electrons. The molecule has 0 aromatic carbocycles. The van der Waals surface area contributed by atoms with Gasteiger partial charge >= 0.3 is 0 Å². The van der Waals surface area contributed by atoms with Crippen molar-refractivity contribution >= 4 is 22.4 Å².